The third-order valence-electron chi connectivity index (χ3n) is 4.42. The number of nitrogens with zero attached hydrogens (tertiary/aromatic N) is 1. The van der Waals surface area contributed by atoms with Crippen molar-refractivity contribution in [3.63, 3.8) is 0 Å². The number of hydrogen-bond donors (Lipinski definition) is 1. The monoisotopic (exact) mass is 334 g/mol. The number of carbonyl (C=O) groups is 2. The molecule has 1 aliphatic rings. The SMILES string of the molecule is CCOc1ccc(NC(=O)[C@@H](C)N2CCC(C(=O)OC)CC2)cc1. The molecule has 0 saturated carbocycles. The lowest BCUT2D eigenvalue weighted by Crippen LogP contribution is -2.47. The first-order valence-corrected chi connectivity index (χ1v) is 8.40. The van der Waals surface area contributed by atoms with Gasteiger partial charge in [-0.3, -0.25) is 14.5 Å². The van der Waals surface area contributed by atoms with Crippen LogP contribution in [0.4, 0.5) is 5.69 Å². The maximum Gasteiger partial charge on any atom is 0.308 e. The van der Waals surface area contributed by atoms with E-state index in [0.717, 1.165) is 37.4 Å². The average molecular weight is 334 g/mol. The van der Waals surface area contributed by atoms with Crippen molar-refractivity contribution in [2.24, 2.45) is 5.92 Å². The van der Waals surface area contributed by atoms with Crippen LogP contribution in [0, 0.1) is 5.92 Å². The molecule has 0 aliphatic carbocycles. The van der Waals surface area contributed by atoms with Crippen LogP contribution in [0.2, 0.25) is 0 Å². The van der Waals surface area contributed by atoms with E-state index in [2.05, 4.69) is 10.2 Å². The number of carbonyl (C=O) groups excluding carboxylic acids is 2. The van der Waals surface area contributed by atoms with Gasteiger partial charge in [-0.2, -0.15) is 0 Å². The van der Waals surface area contributed by atoms with Gasteiger partial charge < -0.3 is 14.8 Å². The van der Waals surface area contributed by atoms with Crippen molar-refractivity contribution >= 4 is 17.6 Å². The van der Waals surface area contributed by atoms with Crippen LogP contribution < -0.4 is 10.1 Å². The van der Waals surface area contributed by atoms with Crippen molar-refractivity contribution in [3.8, 4) is 5.75 Å². The average Bonchev–Trinajstić information content (AvgIpc) is 2.62. The first kappa shape index (κ1) is 18.3. The van der Waals surface area contributed by atoms with Gasteiger partial charge in [-0.25, -0.2) is 0 Å². The van der Waals surface area contributed by atoms with E-state index in [1.165, 1.54) is 7.11 Å². The molecule has 0 bridgehead atoms. The van der Waals surface area contributed by atoms with Gasteiger partial charge in [0, 0.05) is 5.69 Å². The molecule has 0 unspecified atom stereocenters. The van der Waals surface area contributed by atoms with E-state index in [0.29, 0.717) is 6.61 Å². The van der Waals surface area contributed by atoms with Gasteiger partial charge in [0.05, 0.1) is 25.7 Å². The zero-order chi connectivity index (χ0) is 17.5. The highest BCUT2D eigenvalue weighted by Gasteiger charge is 2.30. The lowest BCUT2D eigenvalue weighted by molar-refractivity contribution is -0.147. The smallest absolute Gasteiger partial charge is 0.308 e. The van der Waals surface area contributed by atoms with Gasteiger partial charge in [0.25, 0.3) is 0 Å². The number of piperidine rings is 1. The summed E-state index contributed by atoms with van der Waals surface area (Å²) in [7, 11) is 1.42. The van der Waals surface area contributed by atoms with Crippen molar-refractivity contribution in [2.75, 3.05) is 32.1 Å². The number of benzene rings is 1. The zero-order valence-corrected chi connectivity index (χ0v) is 14.6. The summed E-state index contributed by atoms with van der Waals surface area (Å²) >= 11 is 0. The maximum absolute atomic E-state index is 12.4. The molecule has 6 nitrogen and oxygen atoms in total. The number of amides is 1. The number of ether oxygens (including phenoxy) is 2. The van der Waals surface area contributed by atoms with E-state index in [1.807, 2.05) is 38.1 Å². The molecule has 2 rings (SSSR count). The van der Waals surface area contributed by atoms with Crippen LogP contribution >= 0.6 is 0 Å². The molecule has 1 fully saturated rings. The van der Waals surface area contributed by atoms with Gasteiger partial charge in [-0.05, 0) is 64.0 Å². The first-order valence-electron chi connectivity index (χ1n) is 8.40. The largest absolute Gasteiger partial charge is 0.494 e. The first-order chi connectivity index (χ1) is 11.5. The Bertz CT molecular complexity index is 551. The summed E-state index contributed by atoms with van der Waals surface area (Å²) in [4.78, 5) is 26.1. The second kappa shape index (κ2) is 8.68. The van der Waals surface area contributed by atoms with Gasteiger partial charge in [0.15, 0.2) is 0 Å². The van der Waals surface area contributed by atoms with E-state index < -0.39 is 0 Å². The predicted molar refractivity (Wildman–Crippen MR) is 92.0 cm³/mol. The van der Waals surface area contributed by atoms with Crippen molar-refractivity contribution in [1.82, 2.24) is 4.90 Å². The Morgan fingerprint density at radius 1 is 1.25 bits per heavy atom. The Hall–Kier alpha value is -2.08. The molecule has 6 heteroatoms. The molecule has 1 aliphatic heterocycles. The Balaban J connectivity index is 1.85. The van der Waals surface area contributed by atoms with Crippen LogP contribution in [-0.2, 0) is 14.3 Å². The zero-order valence-electron chi connectivity index (χ0n) is 14.6. The van der Waals surface area contributed by atoms with Gasteiger partial charge in [-0.15, -0.1) is 0 Å². The van der Waals surface area contributed by atoms with Gasteiger partial charge in [0.1, 0.15) is 5.75 Å². The quantitative estimate of drug-likeness (QED) is 0.809. The standard InChI is InChI=1S/C18H26N2O4/c1-4-24-16-7-5-15(6-8-16)19-17(21)13(2)20-11-9-14(10-12-20)18(22)23-3/h5-8,13-14H,4,9-12H2,1-3H3,(H,19,21)/t13-/m1/s1. The Morgan fingerprint density at radius 3 is 2.42 bits per heavy atom. The molecule has 1 amide bonds. The summed E-state index contributed by atoms with van der Waals surface area (Å²) in [6.45, 7) is 5.88. The van der Waals surface area contributed by atoms with E-state index in [9.17, 15) is 9.59 Å². The van der Waals surface area contributed by atoms with Gasteiger partial charge in [-0.1, -0.05) is 0 Å². The number of nitrogens with one attached hydrogen (secondary N) is 1. The molecular formula is C18H26N2O4. The van der Waals surface area contributed by atoms with Crippen LogP contribution in [0.25, 0.3) is 0 Å². The minimum atomic E-state index is -0.241. The summed E-state index contributed by atoms with van der Waals surface area (Å²) in [5.41, 5.74) is 0.750. The molecule has 1 aromatic carbocycles. The molecule has 1 atom stereocenters. The summed E-state index contributed by atoms with van der Waals surface area (Å²) < 4.78 is 10.2. The maximum atomic E-state index is 12.4. The predicted octanol–water partition coefficient (Wildman–Crippen LogP) is 2.30. The lowest BCUT2D eigenvalue weighted by Gasteiger charge is -2.34. The molecule has 1 N–H and O–H groups in total. The summed E-state index contributed by atoms with van der Waals surface area (Å²) in [5.74, 6) is 0.540. The number of esters is 1. The molecular weight excluding hydrogens is 308 g/mol. The normalized spacial score (nSPS) is 17.1. The highest BCUT2D eigenvalue weighted by Crippen LogP contribution is 2.21. The summed E-state index contributed by atoms with van der Waals surface area (Å²) in [6, 6.07) is 7.10. The van der Waals surface area contributed by atoms with Crippen molar-refractivity contribution in [1.29, 1.82) is 0 Å². The molecule has 1 heterocycles. The lowest BCUT2D eigenvalue weighted by atomic mass is 9.96. The van der Waals surface area contributed by atoms with E-state index in [4.69, 9.17) is 9.47 Å². The van der Waals surface area contributed by atoms with Crippen LogP contribution in [0.15, 0.2) is 24.3 Å². The van der Waals surface area contributed by atoms with E-state index in [-0.39, 0.29) is 23.8 Å². The van der Waals surface area contributed by atoms with Crippen molar-refractivity contribution in [3.05, 3.63) is 24.3 Å². The van der Waals surface area contributed by atoms with Gasteiger partial charge in [0.2, 0.25) is 5.91 Å². The third kappa shape index (κ3) is 4.71. The number of rotatable bonds is 6. The fourth-order valence-electron chi connectivity index (χ4n) is 2.90. The van der Waals surface area contributed by atoms with Crippen LogP contribution in [-0.4, -0.2) is 49.6 Å². The fourth-order valence-corrected chi connectivity index (χ4v) is 2.90. The molecule has 1 aromatic rings. The molecule has 0 spiro atoms. The highest BCUT2D eigenvalue weighted by molar-refractivity contribution is 5.94. The Labute approximate surface area is 143 Å². The summed E-state index contributed by atoms with van der Waals surface area (Å²) in [6.07, 6.45) is 1.46. The fraction of sp³-hybridized carbons (Fsp3) is 0.556. The number of likely N-dealkylation sites (tertiary alicyclic amines) is 1. The van der Waals surface area contributed by atoms with E-state index >= 15 is 0 Å². The van der Waals surface area contributed by atoms with E-state index in [1.54, 1.807) is 0 Å². The Morgan fingerprint density at radius 2 is 1.88 bits per heavy atom. The second-order valence-corrected chi connectivity index (χ2v) is 5.96. The van der Waals surface area contributed by atoms with Gasteiger partial charge >= 0.3 is 5.97 Å². The van der Waals surface area contributed by atoms with Crippen molar-refractivity contribution < 1.29 is 19.1 Å². The summed E-state index contributed by atoms with van der Waals surface area (Å²) in [5, 5.41) is 2.93. The highest BCUT2D eigenvalue weighted by atomic mass is 16.5. The minimum Gasteiger partial charge on any atom is -0.494 e. The number of hydrogen-bond acceptors (Lipinski definition) is 5. The Kier molecular flexibility index (Phi) is 6.61. The molecule has 0 radical (unpaired) electrons. The molecule has 0 aromatic heterocycles. The van der Waals surface area contributed by atoms with Crippen LogP contribution in [0.1, 0.15) is 26.7 Å². The van der Waals surface area contributed by atoms with Crippen LogP contribution in [0.3, 0.4) is 0 Å². The molecule has 24 heavy (non-hydrogen) atoms. The topological polar surface area (TPSA) is 67.9 Å². The second-order valence-electron chi connectivity index (χ2n) is 5.96. The van der Waals surface area contributed by atoms with Crippen molar-refractivity contribution in [2.45, 2.75) is 32.7 Å². The number of anilines is 1. The molecule has 132 valence electrons. The minimum absolute atomic E-state index is 0.0457. The van der Waals surface area contributed by atoms with Crippen LogP contribution in [0.5, 0.6) is 5.75 Å². The molecule has 1 saturated heterocycles. The third-order valence-corrected chi connectivity index (χ3v) is 4.42. The number of methoxy groups -OCH3 is 1.